The predicted molar refractivity (Wildman–Crippen MR) is 61.9 cm³/mol. The highest BCUT2D eigenvalue weighted by Gasteiger charge is 2.14. The number of esters is 1. The molecule has 0 radical (unpaired) electrons. The van der Waals surface area contributed by atoms with Crippen LogP contribution in [0.2, 0.25) is 0 Å². The zero-order valence-corrected chi connectivity index (χ0v) is 10.5. The third-order valence-corrected chi connectivity index (χ3v) is 3.27. The molecular formula is C9H16N4O2S. The molecule has 1 rings (SSSR count). The Bertz CT molecular complexity index is 366. The number of ether oxygens (including phenoxy) is 1. The van der Waals surface area contributed by atoms with Gasteiger partial charge in [0.25, 0.3) is 0 Å². The van der Waals surface area contributed by atoms with Gasteiger partial charge in [0.2, 0.25) is 0 Å². The van der Waals surface area contributed by atoms with Gasteiger partial charge in [0.1, 0.15) is 17.7 Å². The molecule has 0 spiro atoms. The maximum atomic E-state index is 11.0. The third-order valence-electron chi connectivity index (χ3n) is 2.22. The molecule has 16 heavy (non-hydrogen) atoms. The molecule has 0 aliphatic carbocycles. The van der Waals surface area contributed by atoms with E-state index in [0.29, 0.717) is 11.5 Å². The first kappa shape index (κ1) is 13.0. The minimum atomic E-state index is -0.579. The van der Waals surface area contributed by atoms with Crippen molar-refractivity contribution in [3.63, 3.8) is 0 Å². The fourth-order valence-corrected chi connectivity index (χ4v) is 2.02. The lowest BCUT2D eigenvalue weighted by Gasteiger charge is -2.08. The molecule has 1 atom stereocenters. The monoisotopic (exact) mass is 244 g/mol. The van der Waals surface area contributed by atoms with Crippen molar-refractivity contribution in [1.82, 2.24) is 14.8 Å². The molecule has 1 aromatic heterocycles. The molecule has 0 bridgehead atoms. The van der Waals surface area contributed by atoms with E-state index in [1.807, 2.05) is 18.5 Å². The van der Waals surface area contributed by atoms with E-state index < -0.39 is 6.04 Å². The van der Waals surface area contributed by atoms with Gasteiger partial charge in [-0.2, -0.15) is 11.8 Å². The topological polar surface area (TPSA) is 83.0 Å². The van der Waals surface area contributed by atoms with E-state index in [1.165, 1.54) is 18.9 Å². The fourth-order valence-electron chi connectivity index (χ4n) is 1.07. The normalized spacial score (nSPS) is 12.5. The number of aryl methyl sites for hydroxylation is 1. The standard InChI is InChI=1S/C9H16N4O2S/c1-6-11-12-8(13(6)2)5-16-4-7(10)9(14)15-3/h7H,4-5,10H2,1-3H3. The Hall–Kier alpha value is -1.08. The molecule has 90 valence electrons. The maximum absolute atomic E-state index is 11.0. The molecule has 1 heterocycles. The highest BCUT2D eigenvalue weighted by Crippen LogP contribution is 2.11. The zero-order chi connectivity index (χ0) is 12.1. The first-order chi connectivity index (χ1) is 7.56. The number of hydrogen-bond acceptors (Lipinski definition) is 6. The SMILES string of the molecule is COC(=O)C(N)CSCc1nnc(C)n1C. The molecule has 0 saturated carbocycles. The van der Waals surface area contributed by atoms with Crippen molar-refractivity contribution in [2.24, 2.45) is 12.8 Å². The van der Waals surface area contributed by atoms with Crippen LogP contribution < -0.4 is 5.73 Å². The van der Waals surface area contributed by atoms with Gasteiger partial charge in [-0.25, -0.2) is 0 Å². The molecule has 0 saturated heterocycles. The summed E-state index contributed by atoms with van der Waals surface area (Å²) in [5.41, 5.74) is 5.60. The quantitative estimate of drug-likeness (QED) is 0.726. The molecular weight excluding hydrogens is 228 g/mol. The van der Waals surface area contributed by atoms with Gasteiger partial charge in [-0.15, -0.1) is 10.2 Å². The predicted octanol–water partition coefficient (Wildman–Crippen LogP) is -0.143. The lowest BCUT2D eigenvalue weighted by Crippen LogP contribution is -2.33. The number of methoxy groups -OCH3 is 1. The van der Waals surface area contributed by atoms with E-state index in [-0.39, 0.29) is 5.97 Å². The first-order valence-electron chi connectivity index (χ1n) is 4.82. The van der Waals surface area contributed by atoms with Crippen LogP contribution in [0.15, 0.2) is 0 Å². The maximum Gasteiger partial charge on any atom is 0.323 e. The molecule has 6 nitrogen and oxygen atoms in total. The molecule has 2 N–H and O–H groups in total. The van der Waals surface area contributed by atoms with Crippen molar-refractivity contribution in [2.45, 2.75) is 18.7 Å². The lowest BCUT2D eigenvalue weighted by molar-refractivity contribution is -0.141. The lowest BCUT2D eigenvalue weighted by atomic mass is 10.4. The number of nitrogens with zero attached hydrogens (tertiary/aromatic N) is 3. The summed E-state index contributed by atoms with van der Waals surface area (Å²) in [6.45, 7) is 1.89. The Morgan fingerprint density at radius 2 is 2.31 bits per heavy atom. The molecule has 0 fully saturated rings. The summed E-state index contributed by atoms with van der Waals surface area (Å²) in [6.07, 6.45) is 0. The van der Waals surface area contributed by atoms with Crippen molar-refractivity contribution >= 4 is 17.7 Å². The van der Waals surface area contributed by atoms with Crippen molar-refractivity contribution in [3.05, 3.63) is 11.6 Å². The van der Waals surface area contributed by atoms with Crippen molar-refractivity contribution in [1.29, 1.82) is 0 Å². The van der Waals surface area contributed by atoms with Crippen LogP contribution >= 0.6 is 11.8 Å². The molecule has 0 amide bonds. The van der Waals surface area contributed by atoms with Gasteiger partial charge >= 0.3 is 5.97 Å². The van der Waals surface area contributed by atoms with Crippen LogP contribution in [-0.2, 0) is 22.3 Å². The van der Waals surface area contributed by atoms with Crippen LogP contribution in [0.1, 0.15) is 11.6 Å². The van der Waals surface area contributed by atoms with E-state index >= 15 is 0 Å². The van der Waals surface area contributed by atoms with Gasteiger partial charge in [-0.1, -0.05) is 0 Å². The zero-order valence-electron chi connectivity index (χ0n) is 9.64. The molecule has 0 aliphatic heterocycles. The molecule has 7 heteroatoms. The average molecular weight is 244 g/mol. The highest BCUT2D eigenvalue weighted by molar-refractivity contribution is 7.98. The fraction of sp³-hybridized carbons (Fsp3) is 0.667. The van der Waals surface area contributed by atoms with Gasteiger partial charge in [-0.05, 0) is 6.92 Å². The van der Waals surface area contributed by atoms with Crippen LogP contribution in [0.3, 0.4) is 0 Å². The van der Waals surface area contributed by atoms with Gasteiger partial charge in [0.05, 0.1) is 12.9 Å². The number of hydrogen-bond donors (Lipinski definition) is 1. The Morgan fingerprint density at radius 1 is 1.62 bits per heavy atom. The van der Waals surface area contributed by atoms with Crippen molar-refractivity contribution in [2.75, 3.05) is 12.9 Å². The number of nitrogens with two attached hydrogens (primary N) is 1. The summed E-state index contributed by atoms with van der Waals surface area (Å²) < 4.78 is 6.45. The number of rotatable bonds is 5. The second-order valence-electron chi connectivity index (χ2n) is 3.37. The molecule has 1 aromatic rings. The number of aromatic nitrogens is 3. The summed E-state index contributed by atoms with van der Waals surface area (Å²) in [5, 5.41) is 7.95. The molecule has 0 aliphatic rings. The Morgan fingerprint density at radius 3 is 2.81 bits per heavy atom. The smallest absolute Gasteiger partial charge is 0.323 e. The number of carbonyl (C=O) groups excluding carboxylic acids is 1. The summed E-state index contributed by atoms with van der Waals surface area (Å²) in [6, 6.07) is -0.579. The minimum Gasteiger partial charge on any atom is -0.468 e. The van der Waals surface area contributed by atoms with E-state index in [4.69, 9.17) is 5.73 Å². The van der Waals surface area contributed by atoms with E-state index in [1.54, 1.807) is 0 Å². The number of thioether (sulfide) groups is 1. The average Bonchev–Trinajstić information content (AvgIpc) is 2.59. The minimum absolute atomic E-state index is 0.387. The van der Waals surface area contributed by atoms with Crippen LogP contribution in [0.25, 0.3) is 0 Å². The second kappa shape index (κ2) is 5.86. The van der Waals surface area contributed by atoms with Gasteiger partial charge < -0.3 is 15.0 Å². The van der Waals surface area contributed by atoms with Gasteiger partial charge in [0.15, 0.2) is 0 Å². The molecule has 1 unspecified atom stereocenters. The van der Waals surface area contributed by atoms with Gasteiger partial charge in [0, 0.05) is 12.8 Å². The van der Waals surface area contributed by atoms with Crippen LogP contribution in [0, 0.1) is 6.92 Å². The summed E-state index contributed by atoms with van der Waals surface area (Å²) in [4.78, 5) is 11.0. The van der Waals surface area contributed by atoms with Crippen LogP contribution in [0.5, 0.6) is 0 Å². The number of carbonyl (C=O) groups is 1. The summed E-state index contributed by atoms with van der Waals surface area (Å²) >= 11 is 1.54. The second-order valence-corrected chi connectivity index (χ2v) is 4.40. The Balaban J connectivity index is 2.36. The van der Waals surface area contributed by atoms with E-state index in [0.717, 1.165) is 11.6 Å². The van der Waals surface area contributed by atoms with Crippen molar-refractivity contribution < 1.29 is 9.53 Å². The Kier molecular flexibility index (Phi) is 4.75. The summed E-state index contributed by atoms with van der Waals surface area (Å²) in [7, 11) is 3.24. The third kappa shape index (κ3) is 3.21. The largest absolute Gasteiger partial charge is 0.468 e. The Labute approximate surface area is 98.6 Å². The van der Waals surface area contributed by atoms with Crippen LogP contribution in [-0.4, -0.2) is 39.6 Å². The summed E-state index contributed by atoms with van der Waals surface area (Å²) in [5.74, 6) is 2.55. The van der Waals surface area contributed by atoms with Crippen LogP contribution in [0.4, 0.5) is 0 Å². The highest BCUT2D eigenvalue weighted by atomic mass is 32.2. The van der Waals surface area contributed by atoms with E-state index in [9.17, 15) is 4.79 Å². The van der Waals surface area contributed by atoms with Crippen molar-refractivity contribution in [3.8, 4) is 0 Å². The molecule has 0 aromatic carbocycles. The first-order valence-corrected chi connectivity index (χ1v) is 5.97. The van der Waals surface area contributed by atoms with E-state index in [2.05, 4.69) is 14.9 Å². The van der Waals surface area contributed by atoms with Gasteiger partial charge in [-0.3, -0.25) is 4.79 Å².